The largest absolute Gasteiger partial charge is 0.487 e. The number of benzene rings is 1. The summed E-state index contributed by atoms with van der Waals surface area (Å²) in [6.45, 7) is 0.665. The van der Waals surface area contributed by atoms with Gasteiger partial charge in [0, 0.05) is 12.0 Å². The Morgan fingerprint density at radius 1 is 1.50 bits per heavy atom. The maximum Gasteiger partial charge on any atom is 0.165 e. The molecule has 0 aromatic heterocycles. The van der Waals surface area contributed by atoms with Gasteiger partial charge in [0.05, 0.1) is 0 Å². The van der Waals surface area contributed by atoms with E-state index in [-0.39, 0.29) is 11.9 Å². The van der Waals surface area contributed by atoms with Crippen molar-refractivity contribution >= 4 is 0 Å². The second kappa shape index (κ2) is 3.96. The molecule has 2 N–H and O–H groups in total. The molecule has 1 aromatic rings. The summed E-state index contributed by atoms with van der Waals surface area (Å²) in [6, 6.07) is 5.08. The van der Waals surface area contributed by atoms with Gasteiger partial charge in [0.25, 0.3) is 0 Å². The average molecular weight is 195 g/mol. The molecule has 14 heavy (non-hydrogen) atoms. The van der Waals surface area contributed by atoms with Gasteiger partial charge >= 0.3 is 0 Å². The monoisotopic (exact) mass is 195 g/mol. The molecular weight excluding hydrogens is 181 g/mol. The minimum Gasteiger partial charge on any atom is -0.487 e. The molecule has 2 rings (SSSR count). The number of nitrogens with two attached hydrogens (primary N) is 1. The number of hydrogen-bond acceptors (Lipinski definition) is 2. The van der Waals surface area contributed by atoms with Crippen LogP contribution in [-0.4, -0.2) is 12.6 Å². The molecular formula is C11H14FNO. The number of para-hydroxylation sites is 1. The van der Waals surface area contributed by atoms with Crippen LogP contribution >= 0.6 is 0 Å². The van der Waals surface area contributed by atoms with Crippen LogP contribution in [0, 0.1) is 5.82 Å². The second-order valence-corrected chi connectivity index (χ2v) is 3.60. The third-order valence-electron chi connectivity index (χ3n) is 2.51. The Kier molecular flexibility index (Phi) is 2.68. The summed E-state index contributed by atoms with van der Waals surface area (Å²) >= 11 is 0. The molecule has 0 saturated heterocycles. The lowest BCUT2D eigenvalue weighted by molar-refractivity contribution is 0.211. The summed E-state index contributed by atoms with van der Waals surface area (Å²) in [4.78, 5) is 0. The smallest absolute Gasteiger partial charge is 0.165 e. The highest BCUT2D eigenvalue weighted by Crippen LogP contribution is 2.32. The Balaban J connectivity index is 2.06. The Bertz CT molecular complexity index is 327. The van der Waals surface area contributed by atoms with Gasteiger partial charge in [-0.2, -0.15) is 0 Å². The van der Waals surface area contributed by atoms with E-state index in [1.165, 1.54) is 6.07 Å². The van der Waals surface area contributed by atoms with E-state index in [0.29, 0.717) is 12.3 Å². The summed E-state index contributed by atoms with van der Waals surface area (Å²) in [5.74, 6) is 0.187. The van der Waals surface area contributed by atoms with Crippen molar-refractivity contribution in [3.8, 4) is 5.75 Å². The first-order valence-electron chi connectivity index (χ1n) is 4.95. The summed E-state index contributed by atoms with van der Waals surface area (Å²) in [7, 11) is 0. The summed E-state index contributed by atoms with van der Waals surface area (Å²) in [5.41, 5.74) is 6.39. The first-order valence-corrected chi connectivity index (χ1v) is 4.95. The second-order valence-electron chi connectivity index (χ2n) is 3.60. The van der Waals surface area contributed by atoms with E-state index in [0.717, 1.165) is 24.8 Å². The van der Waals surface area contributed by atoms with Crippen molar-refractivity contribution in [1.29, 1.82) is 0 Å². The normalized spacial score (nSPS) is 19.1. The van der Waals surface area contributed by atoms with E-state index < -0.39 is 0 Å². The SMILES string of the molecule is NCCCC1Cc2cccc(F)c2O1. The number of rotatable bonds is 3. The van der Waals surface area contributed by atoms with E-state index in [1.54, 1.807) is 6.07 Å². The zero-order chi connectivity index (χ0) is 9.97. The molecule has 0 aliphatic carbocycles. The maximum atomic E-state index is 13.2. The third-order valence-corrected chi connectivity index (χ3v) is 2.51. The molecule has 0 amide bonds. The lowest BCUT2D eigenvalue weighted by Crippen LogP contribution is -2.14. The van der Waals surface area contributed by atoms with Gasteiger partial charge in [-0.15, -0.1) is 0 Å². The van der Waals surface area contributed by atoms with Gasteiger partial charge in [-0.1, -0.05) is 12.1 Å². The zero-order valence-corrected chi connectivity index (χ0v) is 8.00. The van der Waals surface area contributed by atoms with Crippen molar-refractivity contribution < 1.29 is 9.13 Å². The number of ether oxygens (including phenoxy) is 1. The number of hydrogen-bond donors (Lipinski definition) is 1. The summed E-state index contributed by atoms with van der Waals surface area (Å²) < 4.78 is 18.7. The summed E-state index contributed by atoms with van der Waals surface area (Å²) in [6.07, 6.45) is 2.77. The van der Waals surface area contributed by atoms with Gasteiger partial charge in [-0.25, -0.2) is 4.39 Å². The van der Waals surface area contributed by atoms with Crippen molar-refractivity contribution in [2.45, 2.75) is 25.4 Å². The topological polar surface area (TPSA) is 35.2 Å². The number of fused-ring (bicyclic) bond motifs is 1. The molecule has 1 unspecified atom stereocenters. The predicted octanol–water partition coefficient (Wildman–Crippen LogP) is 1.87. The van der Waals surface area contributed by atoms with E-state index in [2.05, 4.69) is 0 Å². The van der Waals surface area contributed by atoms with Crippen molar-refractivity contribution in [2.24, 2.45) is 5.73 Å². The molecule has 0 bridgehead atoms. The lowest BCUT2D eigenvalue weighted by atomic mass is 10.1. The standard InChI is InChI=1S/C11H14FNO/c12-10-5-1-3-8-7-9(4-2-6-13)14-11(8)10/h1,3,5,9H,2,4,6-7,13H2. The van der Waals surface area contributed by atoms with Gasteiger partial charge in [0.1, 0.15) is 6.10 Å². The Hall–Kier alpha value is -1.09. The van der Waals surface area contributed by atoms with Gasteiger partial charge < -0.3 is 10.5 Å². The molecule has 0 spiro atoms. The third kappa shape index (κ3) is 1.73. The molecule has 1 aliphatic rings. The first-order chi connectivity index (χ1) is 6.81. The van der Waals surface area contributed by atoms with Crippen LogP contribution in [-0.2, 0) is 6.42 Å². The fraction of sp³-hybridized carbons (Fsp3) is 0.455. The van der Waals surface area contributed by atoms with Crippen molar-refractivity contribution in [2.75, 3.05) is 6.54 Å². The van der Waals surface area contributed by atoms with Gasteiger partial charge in [-0.05, 0) is 25.5 Å². The first kappa shape index (κ1) is 9.46. The molecule has 0 saturated carbocycles. The molecule has 1 heterocycles. The molecule has 0 fully saturated rings. The number of halogens is 1. The highest BCUT2D eigenvalue weighted by molar-refractivity contribution is 5.38. The van der Waals surface area contributed by atoms with Crippen LogP contribution in [0.2, 0.25) is 0 Å². The van der Waals surface area contributed by atoms with Crippen LogP contribution in [0.15, 0.2) is 18.2 Å². The predicted molar refractivity (Wildman–Crippen MR) is 52.8 cm³/mol. The van der Waals surface area contributed by atoms with Crippen molar-refractivity contribution in [1.82, 2.24) is 0 Å². The zero-order valence-electron chi connectivity index (χ0n) is 8.00. The van der Waals surface area contributed by atoms with E-state index in [4.69, 9.17) is 10.5 Å². The summed E-state index contributed by atoms with van der Waals surface area (Å²) in [5, 5.41) is 0. The van der Waals surface area contributed by atoms with Gasteiger partial charge in [0.2, 0.25) is 0 Å². The minimum atomic E-state index is -0.252. The minimum absolute atomic E-state index is 0.116. The Labute approximate surface area is 82.9 Å². The molecule has 76 valence electrons. The fourth-order valence-corrected chi connectivity index (χ4v) is 1.81. The Morgan fingerprint density at radius 3 is 3.07 bits per heavy atom. The van der Waals surface area contributed by atoms with Crippen LogP contribution in [0.25, 0.3) is 0 Å². The highest BCUT2D eigenvalue weighted by Gasteiger charge is 2.24. The van der Waals surface area contributed by atoms with E-state index >= 15 is 0 Å². The van der Waals surface area contributed by atoms with Crippen molar-refractivity contribution in [3.63, 3.8) is 0 Å². The molecule has 2 nitrogen and oxygen atoms in total. The van der Waals surface area contributed by atoms with Crippen LogP contribution in [0.5, 0.6) is 5.75 Å². The molecule has 1 aromatic carbocycles. The van der Waals surface area contributed by atoms with Gasteiger partial charge in [0.15, 0.2) is 11.6 Å². The fourth-order valence-electron chi connectivity index (χ4n) is 1.81. The van der Waals surface area contributed by atoms with Gasteiger partial charge in [-0.3, -0.25) is 0 Å². The maximum absolute atomic E-state index is 13.2. The quantitative estimate of drug-likeness (QED) is 0.799. The van der Waals surface area contributed by atoms with Crippen LogP contribution in [0.3, 0.4) is 0 Å². The van der Waals surface area contributed by atoms with E-state index in [1.807, 2.05) is 6.07 Å². The lowest BCUT2D eigenvalue weighted by Gasteiger charge is -2.09. The highest BCUT2D eigenvalue weighted by atomic mass is 19.1. The van der Waals surface area contributed by atoms with Crippen LogP contribution in [0.4, 0.5) is 4.39 Å². The van der Waals surface area contributed by atoms with E-state index in [9.17, 15) is 4.39 Å². The van der Waals surface area contributed by atoms with Crippen LogP contribution < -0.4 is 10.5 Å². The van der Waals surface area contributed by atoms with Crippen LogP contribution in [0.1, 0.15) is 18.4 Å². The molecule has 3 heteroatoms. The molecule has 1 aliphatic heterocycles. The molecule has 0 radical (unpaired) electrons. The van der Waals surface area contributed by atoms with Crippen molar-refractivity contribution in [3.05, 3.63) is 29.6 Å². The average Bonchev–Trinajstić information content (AvgIpc) is 2.59. The Morgan fingerprint density at radius 2 is 2.36 bits per heavy atom. The molecule has 1 atom stereocenters.